The number of imidazole rings is 1. The van der Waals surface area contributed by atoms with Crippen molar-refractivity contribution < 1.29 is 5.11 Å². The minimum absolute atomic E-state index is 0.242. The number of benzene rings is 3. The number of aromatic nitrogens is 3. The molecule has 4 nitrogen and oxygen atoms in total. The molecule has 0 spiro atoms. The molecular formula is C23H17N3O. The molecule has 0 saturated carbocycles. The third-order valence-corrected chi connectivity index (χ3v) is 4.75. The SMILES string of the molecule is Oc1ccc(-c2nc(-c3ccccc3)[nH]c2-c2c[nH]c3ccccc23)cc1. The summed E-state index contributed by atoms with van der Waals surface area (Å²) in [5, 5.41) is 10.8. The number of hydrogen-bond acceptors (Lipinski definition) is 2. The van der Waals surface area contributed by atoms with Crippen LogP contribution in [-0.4, -0.2) is 20.1 Å². The molecule has 0 radical (unpaired) electrons. The van der Waals surface area contributed by atoms with E-state index in [-0.39, 0.29) is 5.75 Å². The Bertz CT molecular complexity index is 1220. The van der Waals surface area contributed by atoms with Gasteiger partial charge < -0.3 is 15.1 Å². The van der Waals surface area contributed by atoms with Gasteiger partial charge in [0.1, 0.15) is 11.6 Å². The largest absolute Gasteiger partial charge is 0.508 e. The van der Waals surface area contributed by atoms with E-state index in [1.54, 1.807) is 12.1 Å². The van der Waals surface area contributed by atoms with Gasteiger partial charge in [0, 0.05) is 33.8 Å². The van der Waals surface area contributed by atoms with E-state index in [0.29, 0.717) is 0 Å². The number of para-hydroxylation sites is 1. The Labute approximate surface area is 156 Å². The second-order valence-corrected chi connectivity index (χ2v) is 6.47. The van der Waals surface area contributed by atoms with E-state index in [0.717, 1.165) is 44.8 Å². The lowest BCUT2D eigenvalue weighted by Crippen LogP contribution is -1.83. The highest BCUT2D eigenvalue weighted by atomic mass is 16.3. The molecular weight excluding hydrogens is 334 g/mol. The predicted molar refractivity (Wildman–Crippen MR) is 108 cm³/mol. The summed E-state index contributed by atoms with van der Waals surface area (Å²) in [6, 6.07) is 25.4. The van der Waals surface area contributed by atoms with E-state index in [9.17, 15) is 5.11 Å². The maximum absolute atomic E-state index is 9.65. The minimum Gasteiger partial charge on any atom is -0.508 e. The fraction of sp³-hybridized carbons (Fsp3) is 0. The fourth-order valence-corrected chi connectivity index (χ4v) is 3.41. The Kier molecular flexibility index (Phi) is 3.54. The van der Waals surface area contributed by atoms with Gasteiger partial charge in [-0.3, -0.25) is 0 Å². The van der Waals surface area contributed by atoms with Crippen molar-refractivity contribution in [2.75, 3.05) is 0 Å². The highest BCUT2D eigenvalue weighted by Crippen LogP contribution is 2.36. The number of fused-ring (bicyclic) bond motifs is 1. The molecule has 0 unspecified atom stereocenters. The van der Waals surface area contributed by atoms with Crippen molar-refractivity contribution in [1.82, 2.24) is 15.0 Å². The van der Waals surface area contributed by atoms with Gasteiger partial charge in [0.25, 0.3) is 0 Å². The molecule has 5 rings (SSSR count). The summed E-state index contributed by atoms with van der Waals surface area (Å²) in [7, 11) is 0. The molecule has 5 aromatic rings. The lowest BCUT2D eigenvalue weighted by molar-refractivity contribution is 0.475. The zero-order chi connectivity index (χ0) is 18.2. The summed E-state index contributed by atoms with van der Waals surface area (Å²) >= 11 is 0. The molecule has 3 N–H and O–H groups in total. The van der Waals surface area contributed by atoms with Gasteiger partial charge in [-0.05, 0) is 30.3 Å². The van der Waals surface area contributed by atoms with E-state index in [2.05, 4.69) is 22.1 Å². The first-order valence-electron chi connectivity index (χ1n) is 8.81. The van der Waals surface area contributed by atoms with Crippen LogP contribution in [0.15, 0.2) is 85.1 Å². The van der Waals surface area contributed by atoms with Crippen LogP contribution in [-0.2, 0) is 0 Å². The average molecular weight is 351 g/mol. The van der Waals surface area contributed by atoms with Crippen LogP contribution in [0.1, 0.15) is 0 Å². The summed E-state index contributed by atoms with van der Waals surface area (Å²) in [6.07, 6.45) is 2.01. The molecule has 0 aliphatic heterocycles. The number of aromatic hydroxyl groups is 1. The van der Waals surface area contributed by atoms with Gasteiger partial charge >= 0.3 is 0 Å². The summed E-state index contributed by atoms with van der Waals surface area (Å²) in [5.41, 5.74) is 5.95. The number of nitrogens with one attached hydrogen (secondary N) is 2. The topological polar surface area (TPSA) is 64.7 Å². The number of nitrogens with zero attached hydrogens (tertiary/aromatic N) is 1. The molecule has 130 valence electrons. The van der Waals surface area contributed by atoms with Crippen molar-refractivity contribution in [1.29, 1.82) is 0 Å². The molecule has 4 heteroatoms. The molecule has 0 atom stereocenters. The van der Waals surface area contributed by atoms with Crippen molar-refractivity contribution in [2.45, 2.75) is 0 Å². The zero-order valence-corrected chi connectivity index (χ0v) is 14.5. The molecule has 3 aromatic carbocycles. The smallest absolute Gasteiger partial charge is 0.138 e. The van der Waals surface area contributed by atoms with Crippen LogP contribution in [0.5, 0.6) is 5.75 Å². The maximum atomic E-state index is 9.65. The van der Waals surface area contributed by atoms with Gasteiger partial charge in [-0.1, -0.05) is 48.5 Å². The second kappa shape index (κ2) is 6.18. The second-order valence-electron chi connectivity index (χ2n) is 6.47. The Morgan fingerprint density at radius 1 is 0.741 bits per heavy atom. The lowest BCUT2D eigenvalue weighted by atomic mass is 10.0. The maximum Gasteiger partial charge on any atom is 0.138 e. The zero-order valence-electron chi connectivity index (χ0n) is 14.5. The van der Waals surface area contributed by atoms with E-state index in [4.69, 9.17) is 4.98 Å². The van der Waals surface area contributed by atoms with Crippen molar-refractivity contribution >= 4 is 10.9 Å². The Balaban J connectivity index is 1.76. The third-order valence-electron chi connectivity index (χ3n) is 4.75. The van der Waals surface area contributed by atoms with Gasteiger partial charge in [0.2, 0.25) is 0 Å². The number of H-pyrrole nitrogens is 2. The highest BCUT2D eigenvalue weighted by Gasteiger charge is 2.17. The number of rotatable bonds is 3. The van der Waals surface area contributed by atoms with Gasteiger partial charge in [-0.25, -0.2) is 4.98 Å². The third kappa shape index (κ3) is 2.68. The van der Waals surface area contributed by atoms with Crippen LogP contribution in [0.4, 0.5) is 0 Å². The van der Waals surface area contributed by atoms with Gasteiger partial charge in [-0.2, -0.15) is 0 Å². The van der Waals surface area contributed by atoms with Crippen LogP contribution in [0.25, 0.3) is 44.8 Å². The van der Waals surface area contributed by atoms with Gasteiger partial charge in [-0.15, -0.1) is 0 Å². The quantitative estimate of drug-likeness (QED) is 0.396. The normalized spacial score (nSPS) is 11.1. The van der Waals surface area contributed by atoms with Crippen LogP contribution in [0.2, 0.25) is 0 Å². The standard InChI is InChI=1S/C23H17N3O/c27-17-12-10-15(11-13-17)21-22(19-14-24-20-9-5-4-8-18(19)20)26-23(25-21)16-6-2-1-3-7-16/h1-14,24,27H,(H,25,26). The Hall–Kier alpha value is -3.79. The highest BCUT2D eigenvalue weighted by molar-refractivity contribution is 5.98. The van der Waals surface area contributed by atoms with E-state index in [1.165, 1.54) is 0 Å². The van der Waals surface area contributed by atoms with Crippen molar-refractivity contribution in [2.24, 2.45) is 0 Å². The molecule has 2 heterocycles. The lowest BCUT2D eigenvalue weighted by Gasteiger charge is -2.02. The van der Waals surface area contributed by atoms with Crippen LogP contribution >= 0.6 is 0 Å². The Morgan fingerprint density at radius 3 is 2.30 bits per heavy atom. The van der Waals surface area contributed by atoms with Crippen molar-refractivity contribution in [3.8, 4) is 39.7 Å². The van der Waals surface area contributed by atoms with Crippen molar-refractivity contribution in [3.05, 3.63) is 85.1 Å². The molecule has 0 aliphatic rings. The van der Waals surface area contributed by atoms with E-state index in [1.807, 2.05) is 60.8 Å². The average Bonchev–Trinajstić information content (AvgIpc) is 3.33. The van der Waals surface area contributed by atoms with Crippen LogP contribution in [0, 0.1) is 0 Å². The molecule has 0 amide bonds. The molecule has 2 aromatic heterocycles. The molecule has 0 fully saturated rings. The summed E-state index contributed by atoms with van der Waals surface area (Å²) in [6.45, 7) is 0. The van der Waals surface area contributed by atoms with E-state index < -0.39 is 0 Å². The number of aromatic amines is 2. The minimum atomic E-state index is 0.242. The molecule has 0 saturated heterocycles. The van der Waals surface area contributed by atoms with Gasteiger partial charge in [0.05, 0.1) is 11.4 Å². The first kappa shape index (κ1) is 15.5. The Morgan fingerprint density at radius 2 is 1.48 bits per heavy atom. The molecule has 27 heavy (non-hydrogen) atoms. The van der Waals surface area contributed by atoms with Crippen LogP contribution < -0.4 is 0 Å². The summed E-state index contributed by atoms with van der Waals surface area (Å²) < 4.78 is 0. The van der Waals surface area contributed by atoms with Crippen molar-refractivity contribution in [3.63, 3.8) is 0 Å². The first-order chi connectivity index (χ1) is 13.3. The van der Waals surface area contributed by atoms with Crippen LogP contribution in [0.3, 0.4) is 0 Å². The monoisotopic (exact) mass is 351 g/mol. The molecule has 0 aliphatic carbocycles. The summed E-state index contributed by atoms with van der Waals surface area (Å²) in [4.78, 5) is 11.7. The first-order valence-corrected chi connectivity index (χ1v) is 8.81. The van der Waals surface area contributed by atoms with Gasteiger partial charge in [0.15, 0.2) is 0 Å². The number of phenolic OH excluding ortho intramolecular Hbond substituents is 1. The fourth-order valence-electron chi connectivity index (χ4n) is 3.41. The number of phenols is 1. The molecule has 0 bridgehead atoms. The predicted octanol–water partition coefficient (Wildman–Crippen LogP) is 5.60. The van der Waals surface area contributed by atoms with E-state index >= 15 is 0 Å². The number of hydrogen-bond donors (Lipinski definition) is 3. The summed E-state index contributed by atoms with van der Waals surface area (Å²) in [5.74, 6) is 1.06.